The molecule has 0 saturated carbocycles. The lowest BCUT2D eigenvalue weighted by Gasteiger charge is -2.36. The Hall–Kier alpha value is -3.53. The van der Waals surface area contributed by atoms with Crippen LogP contribution in [0.2, 0.25) is 5.02 Å². The third-order valence-electron chi connectivity index (χ3n) is 8.24. The molecule has 10 heteroatoms. The monoisotopic (exact) mass is 562 g/mol. The summed E-state index contributed by atoms with van der Waals surface area (Å²) in [6.45, 7) is 5.12. The molecule has 2 saturated heterocycles. The Bertz CT molecular complexity index is 1400. The Labute approximate surface area is 237 Å². The standard InChI is InChI=1S/C30H31ClN4O5/c31-23-4-1-19(2-5-23)24-9-14-40-18-22(24)16-33-10-12-34(13-11-33)29(38)20-3-6-25-21(15-20)17-35(30(25)39)26-7-8-27(36)32-28(26)37/h1-6,15,26H,7-14,16-18H2,(H,32,36,37). The van der Waals surface area contributed by atoms with Crippen molar-refractivity contribution in [1.29, 1.82) is 0 Å². The number of hydrogen-bond donors (Lipinski definition) is 1. The highest BCUT2D eigenvalue weighted by molar-refractivity contribution is 6.30. The second kappa shape index (κ2) is 11.2. The Morgan fingerprint density at radius 2 is 1.77 bits per heavy atom. The van der Waals surface area contributed by atoms with Crippen molar-refractivity contribution in [1.82, 2.24) is 20.0 Å². The van der Waals surface area contributed by atoms with Crippen LogP contribution < -0.4 is 5.32 Å². The number of ether oxygens (including phenoxy) is 1. The fraction of sp³-hybridized carbons (Fsp3) is 0.400. The van der Waals surface area contributed by atoms with Gasteiger partial charge >= 0.3 is 0 Å². The Kier molecular flexibility index (Phi) is 7.44. The van der Waals surface area contributed by atoms with Gasteiger partial charge in [-0.25, -0.2) is 0 Å². The summed E-state index contributed by atoms with van der Waals surface area (Å²) < 4.78 is 5.78. The number of fused-ring (bicyclic) bond motifs is 1. The van der Waals surface area contributed by atoms with E-state index in [1.54, 1.807) is 18.2 Å². The van der Waals surface area contributed by atoms with Gasteiger partial charge in [0.2, 0.25) is 11.8 Å². The van der Waals surface area contributed by atoms with Gasteiger partial charge < -0.3 is 14.5 Å². The van der Waals surface area contributed by atoms with Crippen LogP contribution in [0, 0.1) is 0 Å². The molecule has 2 fully saturated rings. The molecule has 40 heavy (non-hydrogen) atoms. The number of benzene rings is 2. The maximum absolute atomic E-state index is 13.4. The quantitative estimate of drug-likeness (QED) is 0.563. The lowest BCUT2D eigenvalue weighted by molar-refractivity contribution is -0.136. The van der Waals surface area contributed by atoms with E-state index in [9.17, 15) is 19.2 Å². The van der Waals surface area contributed by atoms with Crippen molar-refractivity contribution in [2.75, 3.05) is 45.9 Å². The van der Waals surface area contributed by atoms with Crippen LogP contribution >= 0.6 is 11.6 Å². The van der Waals surface area contributed by atoms with Gasteiger partial charge in [0.25, 0.3) is 11.8 Å². The van der Waals surface area contributed by atoms with Crippen LogP contribution in [0.15, 0.2) is 48.0 Å². The molecule has 208 valence electrons. The number of rotatable bonds is 5. The predicted octanol–water partition coefficient (Wildman–Crippen LogP) is 2.73. The minimum Gasteiger partial charge on any atom is -0.377 e. The summed E-state index contributed by atoms with van der Waals surface area (Å²) >= 11 is 6.09. The number of nitrogens with zero attached hydrogens (tertiary/aromatic N) is 3. The summed E-state index contributed by atoms with van der Waals surface area (Å²) in [5.41, 5.74) is 5.56. The van der Waals surface area contributed by atoms with Gasteiger partial charge in [0.15, 0.2) is 0 Å². The highest BCUT2D eigenvalue weighted by Gasteiger charge is 2.39. The van der Waals surface area contributed by atoms with Crippen LogP contribution in [0.4, 0.5) is 0 Å². The van der Waals surface area contributed by atoms with Crippen LogP contribution in [0.3, 0.4) is 0 Å². The third-order valence-corrected chi connectivity index (χ3v) is 8.49. The molecule has 0 radical (unpaired) electrons. The highest BCUT2D eigenvalue weighted by atomic mass is 35.5. The number of piperidine rings is 1. The van der Waals surface area contributed by atoms with Crippen molar-refractivity contribution in [2.45, 2.75) is 31.8 Å². The molecule has 0 aromatic heterocycles. The number of piperazine rings is 1. The molecule has 0 spiro atoms. The topological polar surface area (TPSA) is 99.3 Å². The highest BCUT2D eigenvalue weighted by Crippen LogP contribution is 2.30. The van der Waals surface area contributed by atoms with Crippen molar-refractivity contribution in [2.24, 2.45) is 0 Å². The fourth-order valence-corrected chi connectivity index (χ4v) is 6.17. The molecule has 4 heterocycles. The predicted molar refractivity (Wildman–Crippen MR) is 149 cm³/mol. The molecule has 2 aromatic rings. The second-order valence-electron chi connectivity index (χ2n) is 10.7. The largest absolute Gasteiger partial charge is 0.377 e. The molecule has 1 atom stereocenters. The van der Waals surface area contributed by atoms with Gasteiger partial charge in [-0.05, 0) is 65.4 Å². The van der Waals surface area contributed by atoms with E-state index in [-0.39, 0.29) is 30.7 Å². The van der Waals surface area contributed by atoms with E-state index >= 15 is 0 Å². The van der Waals surface area contributed by atoms with E-state index < -0.39 is 11.9 Å². The van der Waals surface area contributed by atoms with Crippen LogP contribution in [-0.2, 0) is 20.9 Å². The number of amides is 4. The Morgan fingerprint density at radius 1 is 1.00 bits per heavy atom. The van der Waals surface area contributed by atoms with Crippen molar-refractivity contribution in [3.8, 4) is 0 Å². The van der Waals surface area contributed by atoms with Gasteiger partial charge in [-0.15, -0.1) is 0 Å². The smallest absolute Gasteiger partial charge is 0.255 e. The van der Waals surface area contributed by atoms with Crippen molar-refractivity contribution in [3.05, 3.63) is 75.3 Å². The maximum atomic E-state index is 13.4. The van der Waals surface area contributed by atoms with E-state index in [4.69, 9.17) is 16.3 Å². The van der Waals surface area contributed by atoms with Crippen LogP contribution in [0.5, 0.6) is 0 Å². The number of hydrogen-bond acceptors (Lipinski definition) is 6. The van der Waals surface area contributed by atoms with Gasteiger partial charge in [-0.2, -0.15) is 0 Å². The summed E-state index contributed by atoms with van der Waals surface area (Å²) in [5.74, 6) is -1.06. The van der Waals surface area contributed by atoms with E-state index in [1.165, 1.54) is 21.6 Å². The van der Waals surface area contributed by atoms with Crippen molar-refractivity contribution in [3.63, 3.8) is 0 Å². The number of carbonyl (C=O) groups excluding carboxylic acids is 4. The number of halogens is 1. The molecule has 1 unspecified atom stereocenters. The molecule has 0 aliphatic carbocycles. The first-order valence-corrected chi connectivity index (χ1v) is 14.1. The molecule has 0 bridgehead atoms. The zero-order chi connectivity index (χ0) is 27.8. The van der Waals surface area contributed by atoms with Crippen LogP contribution in [0.25, 0.3) is 5.57 Å². The first-order chi connectivity index (χ1) is 19.4. The Morgan fingerprint density at radius 3 is 2.52 bits per heavy atom. The summed E-state index contributed by atoms with van der Waals surface area (Å²) in [4.78, 5) is 55.9. The zero-order valence-corrected chi connectivity index (χ0v) is 22.9. The summed E-state index contributed by atoms with van der Waals surface area (Å²) in [6.07, 6.45) is 1.39. The number of carbonyl (C=O) groups is 4. The molecular formula is C30H31ClN4O5. The van der Waals surface area contributed by atoms with Crippen molar-refractivity contribution >= 4 is 40.8 Å². The van der Waals surface area contributed by atoms with Crippen molar-refractivity contribution < 1.29 is 23.9 Å². The normalized spacial score (nSPS) is 22.0. The molecule has 9 nitrogen and oxygen atoms in total. The van der Waals surface area contributed by atoms with Gasteiger partial charge in [0.1, 0.15) is 6.04 Å². The number of nitrogens with one attached hydrogen (secondary N) is 1. The number of imide groups is 1. The minimum absolute atomic E-state index is 0.0589. The first kappa shape index (κ1) is 26.7. The lowest BCUT2D eigenvalue weighted by Crippen LogP contribution is -2.52. The van der Waals surface area contributed by atoms with E-state index in [2.05, 4.69) is 22.3 Å². The SMILES string of the molecule is O=C1CCC(N2Cc3cc(C(=O)N4CCN(CC5=C(c6ccc(Cl)cc6)CCOC5)CC4)ccc3C2=O)C(=O)N1. The Balaban J connectivity index is 1.08. The molecule has 4 aliphatic heterocycles. The van der Waals surface area contributed by atoms with E-state index in [0.29, 0.717) is 43.9 Å². The van der Waals surface area contributed by atoms with Gasteiger partial charge in [0.05, 0.1) is 13.2 Å². The average molecular weight is 563 g/mol. The first-order valence-electron chi connectivity index (χ1n) is 13.7. The fourth-order valence-electron chi connectivity index (χ4n) is 6.04. The summed E-state index contributed by atoms with van der Waals surface area (Å²) in [5, 5.41) is 3.04. The summed E-state index contributed by atoms with van der Waals surface area (Å²) in [6, 6.07) is 12.4. The molecule has 2 aromatic carbocycles. The summed E-state index contributed by atoms with van der Waals surface area (Å²) in [7, 11) is 0. The lowest BCUT2D eigenvalue weighted by atomic mass is 9.95. The molecule has 4 aliphatic rings. The zero-order valence-electron chi connectivity index (χ0n) is 22.2. The van der Waals surface area contributed by atoms with E-state index in [1.807, 2.05) is 17.0 Å². The van der Waals surface area contributed by atoms with Crippen LogP contribution in [0.1, 0.15) is 51.1 Å². The minimum atomic E-state index is -0.672. The maximum Gasteiger partial charge on any atom is 0.255 e. The molecule has 4 amide bonds. The molecular weight excluding hydrogens is 532 g/mol. The van der Waals surface area contributed by atoms with Crippen LogP contribution in [-0.4, -0.2) is 90.3 Å². The van der Waals surface area contributed by atoms with Gasteiger partial charge in [-0.1, -0.05) is 23.7 Å². The average Bonchev–Trinajstić information content (AvgIpc) is 3.29. The van der Waals surface area contributed by atoms with Gasteiger partial charge in [0, 0.05) is 61.8 Å². The van der Waals surface area contributed by atoms with Gasteiger partial charge in [-0.3, -0.25) is 29.4 Å². The third kappa shape index (κ3) is 5.29. The second-order valence-corrected chi connectivity index (χ2v) is 11.2. The molecule has 1 N–H and O–H groups in total. The van der Waals surface area contributed by atoms with E-state index in [0.717, 1.165) is 36.6 Å². The molecule has 6 rings (SSSR count).